The van der Waals surface area contributed by atoms with Gasteiger partial charge in [0.2, 0.25) is 0 Å². The summed E-state index contributed by atoms with van der Waals surface area (Å²) in [5, 5.41) is 78.5. The van der Waals surface area contributed by atoms with Crippen LogP contribution in [0.1, 0.15) is 276 Å². The third-order valence-electron chi connectivity index (χ3n) is 24.3. The Labute approximate surface area is 859 Å². The van der Waals surface area contributed by atoms with Crippen molar-refractivity contribution < 1.29 is 136 Å². The maximum Gasteiger partial charge on any atom is 0.0971 e. The minimum absolute atomic E-state index is 0.0525. The highest BCUT2D eigenvalue weighted by Crippen LogP contribution is 2.38. The van der Waals surface area contributed by atoms with Crippen molar-refractivity contribution in [1.82, 2.24) is 0 Å². The van der Waals surface area contributed by atoms with Crippen LogP contribution in [0, 0.1) is 55.4 Å². The molecule has 37 heteroatoms. The molecule has 7 N–H and O–H groups in total. The Morgan fingerprint density at radius 1 is 0.243 bits per heavy atom. The van der Waals surface area contributed by atoms with E-state index in [0.717, 1.165) is 96.3 Å². The van der Waals surface area contributed by atoms with Gasteiger partial charge in [-0.1, -0.05) is 340 Å². The summed E-state index contributed by atoms with van der Waals surface area (Å²) in [5.74, 6) is -6.14. The van der Waals surface area contributed by atoms with E-state index in [1.807, 2.05) is 330 Å². The van der Waals surface area contributed by atoms with E-state index in [4.69, 9.17) is 0 Å². The summed E-state index contributed by atoms with van der Waals surface area (Å²) in [6.45, 7) is 50.9. The molecule has 814 valence electrons. The molecular formula is C107H156O30S7-8. The van der Waals surface area contributed by atoms with Crippen molar-refractivity contribution in [3.05, 3.63) is 282 Å². The summed E-state index contributed by atoms with van der Waals surface area (Å²) in [6, 6.07) is 59.4. The van der Waals surface area contributed by atoms with E-state index in [1.54, 1.807) is 0 Å². The van der Waals surface area contributed by atoms with E-state index < -0.39 is 160 Å². The summed E-state index contributed by atoms with van der Waals surface area (Å²) < 4.78 is 223. The van der Waals surface area contributed by atoms with Crippen LogP contribution in [0.4, 0.5) is 0 Å². The van der Waals surface area contributed by atoms with Crippen LogP contribution >= 0.6 is 0 Å². The summed E-state index contributed by atoms with van der Waals surface area (Å²) in [6.07, 6.45) is -4.39. The second kappa shape index (κ2) is 56.8. The number of aryl methyl sites for hydroxylation is 10. The predicted molar refractivity (Wildman–Crippen MR) is 558 cm³/mol. The van der Waals surface area contributed by atoms with Gasteiger partial charge in [0.15, 0.2) is 0 Å². The SMILES string of the molecule is CC(C)(CC(O)CS(=O)(=O)[O-])c1ccccc1.CCc1ccc(C(C)(C)CC(O)CS(=O)(=O)[O-])cc1.CCc1cccc(C(C)(C)CC(O)CS(=O)(=O)[O-])c1.Cc1cc(C)cc(C(C)(C)CC(O)CS(=O)(=O)[O-])c1.Cc1ccc(C(C)(C)CC(=O)[O-])c(C)c1.Cc1ccc(C(C)(C)CC(O)CS(=O)(=O)[O-])c(C)c1.Cc1ccc(C(C)(C)CC(O)CS(=O)(=O)[O-])cc1.Cc1cccc(C(C)(C)CC(O)CS(=O)(=O)[O-])c1. The molecule has 0 amide bonds. The molecule has 7 atom stereocenters. The molecule has 0 saturated carbocycles. The van der Waals surface area contributed by atoms with E-state index in [2.05, 4.69) is 32.0 Å². The Balaban J connectivity index is 0.000000824. The maximum atomic E-state index is 10.7. The van der Waals surface area contributed by atoms with Gasteiger partial charge in [-0.15, -0.1) is 0 Å². The van der Waals surface area contributed by atoms with Gasteiger partial charge in [0.25, 0.3) is 0 Å². The number of carbonyl (C=O) groups is 1. The lowest BCUT2D eigenvalue weighted by molar-refractivity contribution is -0.307. The van der Waals surface area contributed by atoms with Gasteiger partial charge < -0.3 is 77.5 Å². The number of aliphatic hydroxyl groups excluding tert-OH is 7. The molecule has 8 aromatic rings. The molecule has 0 aliphatic rings. The van der Waals surface area contributed by atoms with Gasteiger partial charge in [-0.25, -0.2) is 58.9 Å². The molecule has 144 heavy (non-hydrogen) atoms. The highest BCUT2D eigenvalue weighted by atomic mass is 32.2. The number of carboxylic acid groups (broad SMARTS) is 1. The molecule has 0 fully saturated rings. The average molecular weight is 2150 g/mol. The molecule has 0 bridgehead atoms. The molecule has 7 unspecified atom stereocenters. The standard InChI is InChI=1S/4C14H22O4S.2C13H20O4S.C13H18O2.C12H18O4S/c1-10-5-11(2)7-12(6-10)14(3,4)8-13(15)9-19(16,17)18;1-10-5-6-13(11(2)7-10)14(3,4)8-12(15)9-19(16,17)18;1-4-11-5-7-12(8-6-11)14(2,3)9-13(15)10-19(16,17)18;1-4-11-6-5-7-12(8-11)14(2,3)9-13(15)10-19(16,17)18;1-10-4-6-11(7-5-10)13(2,3)8-12(14)9-18(15,16)17;1-10-5-4-6-11(7-10)13(2,3)8-12(14)9-18(15,16)17;1-9-5-6-11(10(2)7-9)13(3,4)8-12(14)15;1-12(2,10-6-4-3-5-7-10)8-11(13)9-17(14,15)16/h5-7,13,15H,8-9H2,1-4H3,(H,16,17,18);5-7,12,15H,8-9H2,1-4H3,(H,16,17,18);2*5-8,13,15H,4,9-10H2,1-3H3,(H,16,17,18);2*4-7,12,14H,8-9H2,1-3H3,(H,15,16,17);5-7H,8H2,1-4H3,(H,14,15);3-7,11,13H,8-9H2,1-2H3,(H,14,15,16)/p-8. The van der Waals surface area contributed by atoms with Gasteiger partial charge in [-0.3, -0.25) is 0 Å². The van der Waals surface area contributed by atoms with E-state index in [-0.39, 0.29) is 94.7 Å². The number of hydrogen-bond donors (Lipinski definition) is 7. The fourth-order valence-corrected chi connectivity index (χ4v) is 21.5. The summed E-state index contributed by atoms with van der Waals surface area (Å²) in [5.41, 5.74) is 16.7. The van der Waals surface area contributed by atoms with E-state index in [9.17, 15) is 136 Å². The topological polar surface area (TPSA) is 582 Å². The zero-order valence-electron chi connectivity index (χ0n) is 88.3. The second-order valence-corrected chi connectivity index (χ2v) is 53.1. The molecule has 0 radical (unpaired) electrons. The summed E-state index contributed by atoms with van der Waals surface area (Å²) in [4.78, 5) is 10.7. The lowest BCUT2D eigenvalue weighted by atomic mass is 9.77. The fourth-order valence-electron chi connectivity index (χ4n) is 17.3. The van der Waals surface area contributed by atoms with Gasteiger partial charge >= 0.3 is 0 Å². The molecule has 0 aromatic heterocycles. The zero-order valence-corrected chi connectivity index (χ0v) is 94.0. The number of benzene rings is 8. The van der Waals surface area contributed by atoms with Crippen LogP contribution in [0.3, 0.4) is 0 Å². The van der Waals surface area contributed by atoms with Crippen molar-refractivity contribution in [2.24, 2.45) is 0 Å². The fraction of sp³-hybridized carbons (Fsp3) is 0.542. The molecule has 0 saturated heterocycles. The normalized spacial score (nSPS) is 14.1. The third kappa shape index (κ3) is 56.6. The quantitative estimate of drug-likeness (QED) is 0.0175. The maximum absolute atomic E-state index is 10.7. The molecule has 0 aliphatic carbocycles. The Morgan fingerprint density at radius 2 is 0.479 bits per heavy atom. The monoisotopic (exact) mass is 2140 g/mol. The first-order valence-electron chi connectivity index (χ1n) is 47.2. The van der Waals surface area contributed by atoms with Gasteiger partial charge in [-0.2, -0.15) is 0 Å². The first-order chi connectivity index (χ1) is 65.0. The second-order valence-electron chi connectivity index (χ2n) is 42.9. The van der Waals surface area contributed by atoms with E-state index in [1.165, 1.54) is 16.7 Å². The Morgan fingerprint density at radius 3 is 0.764 bits per heavy atom. The van der Waals surface area contributed by atoms with Crippen LogP contribution in [0.25, 0.3) is 0 Å². The summed E-state index contributed by atoms with van der Waals surface area (Å²) >= 11 is 0. The molecule has 0 aliphatic heterocycles. The van der Waals surface area contributed by atoms with Crippen LogP contribution in [0.5, 0.6) is 0 Å². The Kier molecular flexibility index (Phi) is 53.0. The van der Waals surface area contributed by atoms with Crippen molar-refractivity contribution >= 4 is 76.8 Å². The average Bonchev–Trinajstić information content (AvgIpc) is 0.814. The third-order valence-corrected chi connectivity index (χ3v) is 29.8. The highest BCUT2D eigenvalue weighted by Gasteiger charge is 2.34. The van der Waals surface area contributed by atoms with Crippen molar-refractivity contribution in [2.75, 3.05) is 40.3 Å². The van der Waals surface area contributed by atoms with E-state index in [0.29, 0.717) is 0 Å². The Hall–Kier alpha value is -7.68. The number of carbonyl (C=O) groups excluding carboxylic acids is 1. The molecule has 0 heterocycles. The molecule has 8 aromatic carbocycles. The van der Waals surface area contributed by atoms with Crippen LogP contribution in [-0.4, -0.2) is 216 Å². The van der Waals surface area contributed by atoms with Crippen LogP contribution in [-0.2, 0) is 132 Å². The number of aliphatic carboxylic acids is 1. The first-order valence-corrected chi connectivity index (χ1v) is 58.2. The molecular weight excluding hydrogens is 1990 g/mol. The predicted octanol–water partition coefficient (Wildman–Crippen LogP) is 13.5. The van der Waals surface area contributed by atoms with E-state index >= 15 is 0 Å². The van der Waals surface area contributed by atoms with Crippen molar-refractivity contribution in [3.8, 4) is 0 Å². The molecule has 0 spiro atoms. The van der Waals surface area contributed by atoms with Crippen molar-refractivity contribution in [2.45, 2.75) is 330 Å². The van der Waals surface area contributed by atoms with Crippen LogP contribution in [0.15, 0.2) is 182 Å². The van der Waals surface area contributed by atoms with Gasteiger partial charge in [0, 0.05) is 5.97 Å². The number of rotatable bonds is 40. The first kappa shape index (κ1) is 134. The van der Waals surface area contributed by atoms with Gasteiger partial charge in [0.1, 0.15) is 0 Å². The zero-order chi connectivity index (χ0) is 112. The number of aliphatic hydroxyl groups is 7. The number of hydrogen-bond acceptors (Lipinski definition) is 30. The number of carboxylic acids is 1. The van der Waals surface area contributed by atoms with Crippen molar-refractivity contribution in [1.29, 1.82) is 0 Å². The lowest BCUT2D eigenvalue weighted by Gasteiger charge is -2.30. The van der Waals surface area contributed by atoms with Crippen LogP contribution in [0.2, 0.25) is 0 Å². The van der Waals surface area contributed by atoms with Gasteiger partial charge in [-0.05, 0) is 230 Å². The van der Waals surface area contributed by atoms with Crippen molar-refractivity contribution in [3.63, 3.8) is 0 Å². The summed E-state index contributed by atoms with van der Waals surface area (Å²) in [7, 11) is -30.7. The molecule has 8 rings (SSSR count). The minimum atomic E-state index is -4.39. The Bertz CT molecular complexity index is 6180. The van der Waals surface area contributed by atoms with Crippen LogP contribution < -0.4 is 5.11 Å². The smallest absolute Gasteiger partial charge is 0.0971 e. The molecule has 30 nitrogen and oxygen atoms in total. The largest absolute Gasteiger partial charge is 0.748 e. The lowest BCUT2D eigenvalue weighted by Crippen LogP contribution is -2.31. The minimum Gasteiger partial charge on any atom is -0.748 e. The highest BCUT2D eigenvalue weighted by molar-refractivity contribution is 7.87. The van der Waals surface area contributed by atoms with Gasteiger partial charge in [0.05, 0.1) is 154 Å².